The van der Waals surface area contributed by atoms with Gasteiger partial charge in [0.2, 0.25) is 0 Å². The van der Waals surface area contributed by atoms with Crippen LogP contribution in [0.15, 0.2) is 67.1 Å². The minimum absolute atomic E-state index is 0.646. The fraction of sp³-hybridized carbons (Fsp3) is 0.200. The van der Waals surface area contributed by atoms with E-state index in [-0.39, 0.29) is 0 Å². The number of halogens is 1. The number of benzene rings is 1. The lowest BCUT2D eigenvalue weighted by Gasteiger charge is -2.24. The number of pyridine rings is 2. The van der Waals surface area contributed by atoms with Crippen molar-refractivity contribution in [2.75, 3.05) is 23.3 Å². The molecular weight excluding hydrogens is 332 g/mol. The van der Waals surface area contributed by atoms with Gasteiger partial charge in [-0.1, -0.05) is 48.0 Å². The molecule has 128 valence electrons. The van der Waals surface area contributed by atoms with E-state index in [9.17, 15) is 0 Å². The molecule has 0 saturated carbocycles. The fourth-order valence-corrected chi connectivity index (χ4v) is 2.96. The van der Waals surface area contributed by atoms with E-state index in [1.165, 1.54) is 5.56 Å². The van der Waals surface area contributed by atoms with Crippen LogP contribution in [-0.2, 0) is 6.54 Å². The number of hydrogen-bond donors (Lipinski definition) is 1. The second-order valence-electron chi connectivity index (χ2n) is 5.84. The lowest BCUT2D eigenvalue weighted by atomic mass is 10.2. The van der Waals surface area contributed by atoms with E-state index in [2.05, 4.69) is 44.5 Å². The number of aromatic nitrogens is 2. The number of anilines is 2. The first kappa shape index (κ1) is 17.2. The van der Waals surface area contributed by atoms with Crippen LogP contribution in [0.1, 0.15) is 11.1 Å². The monoisotopic (exact) mass is 352 g/mol. The SMILES string of the molecule is Cc1cncc(Cl)c1NCCN(Cc1ccccc1)c1ccccn1. The minimum atomic E-state index is 0.646. The molecule has 0 aliphatic heterocycles. The van der Waals surface area contributed by atoms with Gasteiger partial charge in [0.1, 0.15) is 5.82 Å². The van der Waals surface area contributed by atoms with Gasteiger partial charge < -0.3 is 10.2 Å². The average molecular weight is 353 g/mol. The molecule has 0 aliphatic rings. The zero-order chi connectivity index (χ0) is 17.5. The fourth-order valence-electron chi connectivity index (χ4n) is 2.69. The second-order valence-corrected chi connectivity index (χ2v) is 6.24. The molecule has 0 radical (unpaired) electrons. The van der Waals surface area contributed by atoms with Crippen LogP contribution in [0, 0.1) is 6.92 Å². The summed E-state index contributed by atoms with van der Waals surface area (Å²) < 4.78 is 0. The van der Waals surface area contributed by atoms with Gasteiger partial charge in [-0.25, -0.2) is 4.98 Å². The molecule has 0 atom stereocenters. The van der Waals surface area contributed by atoms with Crippen LogP contribution in [0.4, 0.5) is 11.5 Å². The Bertz CT molecular complexity index is 773. The Morgan fingerprint density at radius 1 is 1.04 bits per heavy atom. The summed E-state index contributed by atoms with van der Waals surface area (Å²) in [6, 6.07) is 16.4. The van der Waals surface area contributed by atoms with Gasteiger partial charge in [0.05, 0.1) is 10.7 Å². The molecule has 0 bridgehead atoms. The smallest absolute Gasteiger partial charge is 0.128 e. The third-order valence-corrected chi connectivity index (χ3v) is 4.25. The van der Waals surface area contributed by atoms with E-state index in [4.69, 9.17) is 11.6 Å². The molecule has 5 heteroatoms. The Morgan fingerprint density at radius 3 is 2.56 bits per heavy atom. The van der Waals surface area contributed by atoms with E-state index in [0.717, 1.165) is 36.7 Å². The van der Waals surface area contributed by atoms with E-state index in [1.807, 2.05) is 43.6 Å². The second kappa shape index (κ2) is 8.49. The van der Waals surface area contributed by atoms with Crippen LogP contribution < -0.4 is 10.2 Å². The average Bonchev–Trinajstić information content (AvgIpc) is 2.65. The Balaban J connectivity index is 1.70. The zero-order valence-electron chi connectivity index (χ0n) is 14.2. The maximum absolute atomic E-state index is 6.24. The Kier molecular flexibility index (Phi) is 5.86. The molecular formula is C20H21ClN4. The van der Waals surface area contributed by atoms with Crippen molar-refractivity contribution >= 4 is 23.1 Å². The quantitative estimate of drug-likeness (QED) is 0.677. The van der Waals surface area contributed by atoms with Crippen LogP contribution in [-0.4, -0.2) is 23.1 Å². The summed E-state index contributed by atoms with van der Waals surface area (Å²) in [6.07, 6.45) is 5.30. The molecule has 0 saturated heterocycles. The molecule has 0 spiro atoms. The van der Waals surface area contributed by atoms with Crippen molar-refractivity contribution in [3.8, 4) is 0 Å². The number of aryl methyl sites for hydroxylation is 1. The summed E-state index contributed by atoms with van der Waals surface area (Å²) in [5.41, 5.74) is 3.24. The van der Waals surface area contributed by atoms with Crippen molar-refractivity contribution in [3.05, 3.63) is 83.3 Å². The summed E-state index contributed by atoms with van der Waals surface area (Å²) in [4.78, 5) is 10.9. The summed E-state index contributed by atoms with van der Waals surface area (Å²) in [7, 11) is 0. The number of nitrogens with one attached hydrogen (secondary N) is 1. The summed E-state index contributed by atoms with van der Waals surface area (Å²) in [5.74, 6) is 0.964. The highest BCUT2D eigenvalue weighted by Gasteiger charge is 2.09. The molecule has 2 aromatic heterocycles. The van der Waals surface area contributed by atoms with Gasteiger partial charge in [0.15, 0.2) is 0 Å². The molecule has 25 heavy (non-hydrogen) atoms. The molecule has 3 rings (SSSR count). The van der Waals surface area contributed by atoms with Crippen LogP contribution in [0.25, 0.3) is 0 Å². The van der Waals surface area contributed by atoms with E-state index >= 15 is 0 Å². The molecule has 0 fully saturated rings. The molecule has 4 nitrogen and oxygen atoms in total. The predicted octanol–water partition coefficient (Wildman–Crippen LogP) is 4.56. The van der Waals surface area contributed by atoms with Crippen LogP contribution in [0.5, 0.6) is 0 Å². The maximum Gasteiger partial charge on any atom is 0.128 e. The van der Waals surface area contributed by atoms with Crippen LogP contribution in [0.3, 0.4) is 0 Å². The van der Waals surface area contributed by atoms with Gasteiger partial charge in [-0.2, -0.15) is 0 Å². The van der Waals surface area contributed by atoms with Gasteiger partial charge in [-0.05, 0) is 30.2 Å². The lowest BCUT2D eigenvalue weighted by Crippen LogP contribution is -2.29. The summed E-state index contributed by atoms with van der Waals surface area (Å²) in [6.45, 7) is 4.38. The summed E-state index contributed by atoms with van der Waals surface area (Å²) in [5, 5.41) is 4.07. The molecule has 3 aromatic rings. The van der Waals surface area contributed by atoms with E-state index < -0.39 is 0 Å². The van der Waals surface area contributed by atoms with Crippen molar-refractivity contribution in [3.63, 3.8) is 0 Å². The standard InChI is InChI=1S/C20H21ClN4/c1-16-13-22-14-18(21)20(16)24-11-12-25(19-9-5-6-10-23-19)15-17-7-3-2-4-8-17/h2-10,13-14H,11-12,15H2,1H3,(H,22,24). The van der Waals surface area contributed by atoms with Crippen LogP contribution >= 0.6 is 11.6 Å². The highest BCUT2D eigenvalue weighted by atomic mass is 35.5. The van der Waals surface area contributed by atoms with Gasteiger partial charge in [-0.3, -0.25) is 4.98 Å². The highest BCUT2D eigenvalue weighted by Crippen LogP contribution is 2.23. The molecule has 1 N–H and O–H groups in total. The normalized spacial score (nSPS) is 10.5. The van der Waals surface area contributed by atoms with Crippen molar-refractivity contribution in [1.29, 1.82) is 0 Å². The third-order valence-electron chi connectivity index (χ3n) is 3.96. The largest absolute Gasteiger partial charge is 0.382 e. The maximum atomic E-state index is 6.24. The Morgan fingerprint density at radius 2 is 1.84 bits per heavy atom. The number of nitrogens with zero attached hydrogens (tertiary/aromatic N) is 3. The molecule has 1 aromatic carbocycles. The van der Waals surface area contributed by atoms with Crippen molar-refractivity contribution < 1.29 is 0 Å². The van der Waals surface area contributed by atoms with Crippen molar-refractivity contribution in [1.82, 2.24) is 9.97 Å². The van der Waals surface area contributed by atoms with E-state index in [1.54, 1.807) is 6.20 Å². The minimum Gasteiger partial charge on any atom is -0.382 e. The molecule has 2 heterocycles. The van der Waals surface area contributed by atoms with Gasteiger partial charge in [0.25, 0.3) is 0 Å². The third kappa shape index (κ3) is 4.70. The van der Waals surface area contributed by atoms with Crippen LogP contribution in [0.2, 0.25) is 5.02 Å². The van der Waals surface area contributed by atoms with Gasteiger partial charge >= 0.3 is 0 Å². The zero-order valence-corrected chi connectivity index (χ0v) is 14.9. The Labute approximate surface area is 153 Å². The first-order valence-corrected chi connectivity index (χ1v) is 8.66. The lowest BCUT2D eigenvalue weighted by molar-refractivity contribution is 0.790. The molecule has 0 unspecified atom stereocenters. The molecule has 0 amide bonds. The van der Waals surface area contributed by atoms with Crippen molar-refractivity contribution in [2.45, 2.75) is 13.5 Å². The van der Waals surface area contributed by atoms with Gasteiger partial charge in [-0.15, -0.1) is 0 Å². The number of rotatable bonds is 7. The summed E-state index contributed by atoms with van der Waals surface area (Å²) >= 11 is 6.24. The predicted molar refractivity (Wildman–Crippen MR) is 104 cm³/mol. The van der Waals surface area contributed by atoms with Gasteiger partial charge in [0, 0.05) is 38.2 Å². The topological polar surface area (TPSA) is 41.1 Å². The first-order chi connectivity index (χ1) is 12.2. The Hall–Kier alpha value is -2.59. The van der Waals surface area contributed by atoms with E-state index in [0.29, 0.717) is 5.02 Å². The number of hydrogen-bond acceptors (Lipinski definition) is 4. The van der Waals surface area contributed by atoms with Crippen molar-refractivity contribution in [2.24, 2.45) is 0 Å². The highest BCUT2D eigenvalue weighted by molar-refractivity contribution is 6.33. The molecule has 0 aliphatic carbocycles. The first-order valence-electron chi connectivity index (χ1n) is 8.28.